The van der Waals surface area contributed by atoms with Gasteiger partial charge in [-0.1, -0.05) is 40.0 Å². The Balaban J connectivity index is 3.80. The van der Waals surface area contributed by atoms with E-state index in [1.807, 2.05) is 0 Å². The molecule has 0 aliphatic rings. The molecule has 0 aromatic heterocycles. The molecule has 0 aromatic rings. The molecule has 0 spiro atoms. The maximum absolute atomic E-state index is 6.03. The topological polar surface area (TPSA) is 26.0 Å². The Labute approximate surface area is 84.1 Å². The molecule has 1 heteroatoms. The minimum Gasteiger partial charge on any atom is -0.326 e. The first-order chi connectivity index (χ1) is 5.77. The molecule has 0 saturated heterocycles. The normalized spacial score (nSPS) is 13.4. The molecular weight excluding hydrogens is 158 g/mol. The van der Waals surface area contributed by atoms with Crippen molar-refractivity contribution in [3.8, 4) is 0 Å². The first-order valence-corrected chi connectivity index (χ1v) is 5.56. The predicted molar refractivity (Wildman–Crippen MR) is 60.8 cm³/mol. The van der Waals surface area contributed by atoms with Crippen LogP contribution in [0, 0.1) is 5.41 Å². The third-order valence-electron chi connectivity index (χ3n) is 2.39. The first kappa shape index (κ1) is 13.0. The molecule has 0 radical (unpaired) electrons. The van der Waals surface area contributed by atoms with Crippen LogP contribution in [-0.2, 0) is 0 Å². The molecule has 0 heterocycles. The van der Waals surface area contributed by atoms with Crippen LogP contribution < -0.4 is 5.73 Å². The van der Waals surface area contributed by atoms with Crippen LogP contribution in [0.4, 0.5) is 0 Å². The minimum absolute atomic E-state index is 0.0181. The van der Waals surface area contributed by atoms with Crippen LogP contribution in [0.5, 0.6) is 0 Å². The van der Waals surface area contributed by atoms with E-state index in [4.69, 9.17) is 5.73 Å². The van der Waals surface area contributed by atoms with E-state index in [2.05, 4.69) is 34.6 Å². The first-order valence-electron chi connectivity index (χ1n) is 5.56. The number of hydrogen-bond acceptors (Lipinski definition) is 1. The zero-order valence-electron chi connectivity index (χ0n) is 10.1. The second kappa shape index (κ2) is 4.99. The van der Waals surface area contributed by atoms with Gasteiger partial charge in [0.25, 0.3) is 0 Å². The summed E-state index contributed by atoms with van der Waals surface area (Å²) in [5.74, 6) is 0. The summed E-state index contributed by atoms with van der Waals surface area (Å²) < 4.78 is 0. The van der Waals surface area contributed by atoms with E-state index in [1.165, 1.54) is 25.7 Å². The molecule has 0 rings (SSSR count). The molecule has 0 fully saturated rings. The van der Waals surface area contributed by atoms with E-state index in [0.29, 0.717) is 5.41 Å². The lowest BCUT2D eigenvalue weighted by molar-refractivity contribution is 0.234. The van der Waals surface area contributed by atoms with Gasteiger partial charge in [-0.3, -0.25) is 0 Å². The third kappa shape index (κ3) is 8.29. The second-order valence-electron chi connectivity index (χ2n) is 5.79. The van der Waals surface area contributed by atoms with Crippen molar-refractivity contribution in [2.75, 3.05) is 0 Å². The predicted octanol–water partition coefficient (Wildman–Crippen LogP) is 3.72. The average molecular weight is 185 g/mol. The highest BCUT2D eigenvalue weighted by Crippen LogP contribution is 2.31. The summed E-state index contributed by atoms with van der Waals surface area (Å²) in [7, 11) is 0. The lowest BCUT2D eigenvalue weighted by Gasteiger charge is -2.32. The molecule has 13 heavy (non-hydrogen) atoms. The number of rotatable bonds is 6. The highest BCUT2D eigenvalue weighted by molar-refractivity contribution is 4.81. The molecule has 80 valence electrons. The Morgan fingerprint density at radius 2 is 1.54 bits per heavy atom. The van der Waals surface area contributed by atoms with Crippen LogP contribution in [0.15, 0.2) is 0 Å². The quantitative estimate of drug-likeness (QED) is 0.627. The Morgan fingerprint density at radius 3 is 1.92 bits per heavy atom. The van der Waals surface area contributed by atoms with Crippen LogP contribution in [0.3, 0.4) is 0 Å². The van der Waals surface area contributed by atoms with Gasteiger partial charge in [0.1, 0.15) is 0 Å². The summed E-state index contributed by atoms with van der Waals surface area (Å²) in [6, 6.07) is 0. The molecule has 0 aliphatic heterocycles. The van der Waals surface area contributed by atoms with Gasteiger partial charge < -0.3 is 5.73 Å². The van der Waals surface area contributed by atoms with E-state index in [0.717, 1.165) is 6.42 Å². The monoisotopic (exact) mass is 185 g/mol. The zero-order valence-corrected chi connectivity index (χ0v) is 10.1. The number of nitrogens with two attached hydrogens (primary N) is 1. The maximum Gasteiger partial charge on any atom is 0.0102 e. The van der Waals surface area contributed by atoms with Gasteiger partial charge in [-0.25, -0.2) is 0 Å². The van der Waals surface area contributed by atoms with Crippen molar-refractivity contribution < 1.29 is 0 Å². The fourth-order valence-corrected chi connectivity index (χ4v) is 2.18. The highest BCUT2D eigenvalue weighted by atomic mass is 14.7. The molecule has 0 amide bonds. The number of hydrogen-bond donors (Lipinski definition) is 1. The minimum atomic E-state index is -0.0181. The van der Waals surface area contributed by atoms with E-state index in [9.17, 15) is 0 Å². The SMILES string of the molecule is CCCCCC(C)(C)CC(C)(C)N. The van der Waals surface area contributed by atoms with Gasteiger partial charge in [-0.05, 0) is 32.1 Å². The van der Waals surface area contributed by atoms with Gasteiger partial charge in [-0.2, -0.15) is 0 Å². The summed E-state index contributed by atoms with van der Waals surface area (Å²) in [6.07, 6.45) is 6.43. The van der Waals surface area contributed by atoms with Crippen molar-refractivity contribution in [2.45, 2.75) is 72.3 Å². The van der Waals surface area contributed by atoms with Gasteiger partial charge in [0.2, 0.25) is 0 Å². The van der Waals surface area contributed by atoms with Crippen LogP contribution in [-0.4, -0.2) is 5.54 Å². The van der Waals surface area contributed by atoms with E-state index in [1.54, 1.807) is 0 Å². The highest BCUT2D eigenvalue weighted by Gasteiger charge is 2.24. The standard InChI is InChI=1S/C12H27N/c1-6-7-8-9-11(2,3)10-12(4,5)13/h6-10,13H2,1-5H3. The lowest BCUT2D eigenvalue weighted by atomic mass is 9.77. The summed E-state index contributed by atoms with van der Waals surface area (Å²) >= 11 is 0. The molecular formula is C12H27N. The van der Waals surface area contributed by atoms with E-state index < -0.39 is 0 Å². The van der Waals surface area contributed by atoms with Crippen molar-refractivity contribution in [1.29, 1.82) is 0 Å². The Hall–Kier alpha value is -0.0400. The molecule has 0 saturated carbocycles. The van der Waals surface area contributed by atoms with Crippen LogP contribution in [0.2, 0.25) is 0 Å². The van der Waals surface area contributed by atoms with Crippen LogP contribution >= 0.6 is 0 Å². The van der Waals surface area contributed by atoms with Gasteiger partial charge in [0.15, 0.2) is 0 Å². The van der Waals surface area contributed by atoms with Crippen molar-refractivity contribution in [3.05, 3.63) is 0 Å². The summed E-state index contributed by atoms with van der Waals surface area (Å²) in [4.78, 5) is 0. The fourth-order valence-electron chi connectivity index (χ4n) is 2.18. The zero-order chi connectivity index (χ0) is 10.5. The Morgan fingerprint density at radius 1 is 1.00 bits per heavy atom. The lowest BCUT2D eigenvalue weighted by Crippen LogP contribution is -2.37. The van der Waals surface area contributed by atoms with Gasteiger partial charge in [0, 0.05) is 5.54 Å². The molecule has 0 aromatic carbocycles. The van der Waals surface area contributed by atoms with Crippen molar-refractivity contribution in [1.82, 2.24) is 0 Å². The molecule has 0 aliphatic carbocycles. The fraction of sp³-hybridized carbons (Fsp3) is 1.00. The molecule has 2 N–H and O–H groups in total. The van der Waals surface area contributed by atoms with Gasteiger partial charge >= 0.3 is 0 Å². The van der Waals surface area contributed by atoms with Crippen molar-refractivity contribution >= 4 is 0 Å². The smallest absolute Gasteiger partial charge is 0.0102 e. The molecule has 0 unspecified atom stereocenters. The van der Waals surface area contributed by atoms with E-state index in [-0.39, 0.29) is 5.54 Å². The maximum atomic E-state index is 6.03. The molecule has 0 atom stereocenters. The van der Waals surface area contributed by atoms with E-state index >= 15 is 0 Å². The summed E-state index contributed by atoms with van der Waals surface area (Å²) in [5.41, 5.74) is 6.42. The van der Waals surface area contributed by atoms with Crippen molar-refractivity contribution in [3.63, 3.8) is 0 Å². The van der Waals surface area contributed by atoms with Gasteiger partial charge in [0.05, 0.1) is 0 Å². The van der Waals surface area contributed by atoms with Crippen LogP contribution in [0.25, 0.3) is 0 Å². The summed E-state index contributed by atoms with van der Waals surface area (Å²) in [6.45, 7) is 11.2. The van der Waals surface area contributed by atoms with Crippen molar-refractivity contribution in [2.24, 2.45) is 11.1 Å². The second-order valence-corrected chi connectivity index (χ2v) is 5.79. The Kier molecular flexibility index (Phi) is 4.98. The third-order valence-corrected chi connectivity index (χ3v) is 2.39. The van der Waals surface area contributed by atoms with Gasteiger partial charge in [-0.15, -0.1) is 0 Å². The largest absolute Gasteiger partial charge is 0.326 e. The Bertz CT molecular complexity index is 131. The summed E-state index contributed by atoms with van der Waals surface area (Å²) in [5, 5.41) is 0. The molecule has 0 bridgehead atoms. The average Bonchev–Trinajstić information content (AvgIpc) is 1.81. The number of unbranched alkanes of at least 4 members (excludes halogenated alkanes) is 2. The molecule has 1 nitrogen and oxygen atoms in total. The van der Waals surface area contributed by atoms with Crippen LogP contribution in [0.1, 0.15) is 66.7 Å².